The molecule has 5 heteroatoms. The Bertz CT molecular complexity index is 3930. The molecule has 9 aromatic carbocycles. The number of nitrogens with zero attached hydrogens (tertiary/aromatic N) is 3. The fraction of sp³-hybridized carbons (Fsp3) is 0.0526. The summed E-state index contributed by atoms with van der Waals surface area (Å²) in [6.45, 7) is 2.30. The summed E-state index contributed by atoms with van der Waals surface area (Å²) in [5.74, 6) is 0.752. The summed E-state index contributed by atoms with van der Waals surface area (Å²) in [5.41, 5.74) is 9.85. The molecule has 3 aromatic heterocycles. The molecule has 12 aromatic rings. The summed E-state index contributed by atoms with van der Waals surface area (Å²) in [5, 5.41) is 11.8. The van der Waals surface area contributed by atoms with Crippen LogP contribution in [0.3, 0.4) is 0 Å². The van der Waals surface area contributed by atoms with Gasteiger partial charge in [-0.3, -0.25) is 0 Å². The first-order valence-electron chi connectivity index (χ1n) is 21.3. The van der Waals surface area contributed by atoms with E-state index in [0.717, 1.165) is 78.6 Å². The largest absolute Gasteiger partial charge is 0.455 e. The number of hydrogen-bond donors (Lipinski definition) is 0. The van der Waals surface area contributed by atoms with Gasteiger partial charge in [0.2, 0.25) is 0 Å². The Hall–Kier alpha value is -7.60. The summed E-state index contributed by atoms with van der Waals surface area (Å²) in [4.78, 5) is 11.4. The minimum Gasteiger partial charge on any atom is -0.455 e. The highest BCUT2D eigenvalue weighted by Crippen LogP contribution is 2.43. The van der Waals surface area contributed by atoms with E-state index in [0.29, 0.717) is 5.84 Å². The third kappa shape index (κ3) is 5.45. The van der Waals surface area contributed by atoms with Crippen molar-refractivity contribution >= 4 is 114 Å². The maximum Gasteiger partial charge on any atom is 0.160 e. The Balaban J connectivity index is 1.10. The zero-order valence-corrected chi connectivity index (χ0v) is 34.7. The molecular formula is C57H37N3OS. The molecule has 62 heavy (non-hydrogen) atoms. The van der Waals surface area contributed by atoms with Crippen LogP contribution in [0.25, 0.3) is 96.8 Å². The molecule has 0 bridgehead atoms. The summed E-state index contributed by atoms with van der Waals surface area (Å²) in [6.07, 6.45) is 3.06. The molecule has 1 unspecified atom stereocenters. The number of furan rings is 1. The van der Waals surface area contributed by atoms with Gasteiger partial charge in [-0.2, -0.15) is 0 Å². The van der Waals surface area contributed by atoms with Gasteiger partial charge in [-0.05, 0) is 94.2 Å². The van der Waals surface area contributed by atoms with Crippen molar-refractivity contribution in [2.45, 2.75) is 13.3 Å². The van der Waals surface area contributed by atoms with Crippen LogP contribution in [0.2, 0.25) is 0 Å². The molecule has 0 saturated carbocycles. The third-order valence-corrected chi connectivity index (χ3v) is 14.0. The number of thiophene rings is 1. The van der Waals surface area contributed by atoms with Crippen molar-refractivity contribution in [1.82, 2.24) is 4.57 Å². The molecule has 1 aliphatic heterocycles. The van der Waals surface area contributed by atoms with E-state index in [2.05, 4.69) is 193 Å². The SMILES string of the molecule is CC1C/C=C(\c2c(-n3c4ccccc4c4cc5ccccc5cc43)ccc3c2oc2ccccc23)N=C(c2ccc3ccccc3c2)N=C1c1ccc2sc3ccccc3c2c1. The van der Waals surface area contributed by atoms with Crippen LogP contribution < -0.4 is 0 Å². The van der Waals surface area contributed by atoms with Crippen molar-refractivity contribution in [2.24, 2.45) is 15.9 Å². The van der Waals surface area contributed by atoms with E-state index in [1.54, 1.807) is 0 Å². The molecule has 0 amide bonds. The average molecular weight is 812 g/mol. The minimum absolute atomic E-state index is 0.0798. The Morgan fingerprint density at radius 1 is 0.516 bits per heavy atom. The lowest BCUT2D eigenvalue weighted by atomic mass is 9.92. The lowest BCUT2D eigenvalue weighted by Crippen LogP contribution is -2.17. The van der Waals surface area contributed by atoms with Crippen LogP contribution in [0.1, 0.15) is 30.0 Å². The first-order valence-corrected chi connectivity index (χ1v) is 22.1. The molecule has 0 radical (unpaired) electrons. The average Bonchev–Trinajstić information content (AvgIpc) is 3.98. The number of amidine groups is 1. The lowest BCUT2D eigenvalue weighted by Gasteiger charge is -2.20. The topological polar surface area (TPSA) is 42.8 Å². The Labute approximate surface area is 361 Å². The molecule has 1 atom stereocenters. The smallest absolute Gasteiger partial charge is 0.160 e. The lowest BCUT2D eigenvalue weighted by molar-refractivity contribution is 0.667. The van der Waals surface area contributed by atoms with E-state index in [4.69, 9.17) is 14.4 Å². The fourth-order valence-corrected chi connectivity index (χ4v) is 10.9. The van der Waals surface area contributed by atoms with Gasteiger partial charge < -0.3 is 8.98 Å². The summed E-state index contributed by atoms with van der Waals surface area (Å²) < 4.78 is 12.0. The molecule has 0 fully saturated rings. The van der Waals surface area contributed by atoms with Crippen LogP contribution in [-0.2, 0) is 0 Å². The van der Waals surface area contributed by atoms with Gasteiger partial charge in [0, 0.05) is 53.2 Å². The molecule has 0 aliphatic carbocycles. The number of hydrogen-bond acceptors (Lipinski definition) is 4. The Morgan fingerprint density at radius 3 is 2.08 bits per heavy atom. The van der Waals surface area contributed by atoms with E-state index < -0.39 is 0 Å². The van der Waals surface area contributed by atoms with Crippen molar-refractivity contribution in [3.05, 3.63) is 205 Å². The normalized spacial score (nSPS) is 15.8. The second kappa shape index (κ2) is 13.7. The number of benzene rings is 9. The van der Waals surface area contributed by atoms with Crippen LogP contribution in [0.4, 0.5) is 0 Å². The highest BCUT2D eigenvalue weighted by atomic mass is 32.1. The first-order chi connectivity index (χ1) is 30.6. The van der Waals surface area contributed by atoms with Crippen molar-refractivity contribution in [3.63, 3.8) is 0 Å². The van der Waals surface area contributed by atoms with Gasteiger partial charge in [-0.15, -0.1) is 11.3 Å². The second-order valence-corrected chi connectivity index (χ2v) is 17.6. The minimum atomic E-state index is 0.0798. The number of fused-ring (bicyclic) bond motifs is 11. The molecule has 0 spiro atoms. The predicted octanol–water partition coefficient (Wildman–Crippen LogP) is 15.7. The summed E-state index contributed by atoms with van der Waals surface area (Å²) in [6, 6.07) is 65.5. The maximum atomic E-state index is 6.97. The highest BCUT2D eigenvalue weighted by molar-refractivity contribution is 7.25. The molecule has 13 rings (SSSR count). The quantitative estimate of drug-likeness (QED) is 0.175. The zero-order chi connectivity index (χ0) is 40.9. The van der Waals surface area contributed by atoms with Crippen LogP contribution in [0.5, 0.6) is 0 Å². The van der Waals surface area contributed by atoms with E-state index in [9.17, 15) is 0 Å². The van der Waals surface area contributed by atoms with Crippen LogP contribution in [-0.4, -0.2) is 16.1 Å². The van der Waals surface area contributed by atoms with Gasteiger partial charge in [0.05, 0.1) is 33.7 Å². The van der Waals surface area contributed by atoms with Gasteiger partial charge in [0.1, 0.15) is 11.2 Å². The summed E-state index contributed by atoms with van der Waals surface area (Å²) >= 11 is 1.84. The molecule has 0 N–H and O–H groups in total. The fourth-order valence-electron chi connectivity index (χ4n) is 9.79. The molecule has 4 nitrogen and oxygen atoms in total. The van der Waals surface area contributed by atoms with Gasteiger partial charge in [0.25, 0.3) is 0 Å². The van der Waals surface area contributed by atoms with Crippen molar-refractivity contribution < 1.29 is 4.42 Å². The number of allylic oxidation sites excluding steroid dienone is 1. The number of rotatable bonds is 4. The maximum absolute atomic E-state index is 6.97. The zero-order valence-electron chi connectivity index (χ0n) is 33.8. The van der Waals surface area contributed by atoms with E-state index >= 15 is 0 Å². The van der Waals surface area contributed by atoms with E-state index in [-0.39, 0.29) is 5.92 Å². The number of para-hydroxylation sites is 2. The molecule has 4 heterocycles. The second-order valence-electron chi connectivity index (χ2n) is 16.5. The van der Waals surface area contributed by atoms with Gasteiger partial charge in [-0.1, -0.05) is 134 Å². The monoisotopic (exact) mass is 811 g/mol. The molecule has 0 saturated heterocycles. The van der Waals surface area contributed by atoms with Crippen molar-refractivity contribution in [3.8, 4) is 5.69 Å². The number of aromatic nitrogens is 1. The molecular weight excluding hydrogens is 775 g/mol. The van der Waals surface area contributed by atoms with Gasteiger partial charge in [-0.25, -0.2) is 9.98 Å². The van der Waals surface area contributed by atoms with E-state index in [1.807, 2.05) is 17.4 Å². The van der Waals surface area contributed by atoms with Crippen molar-refractivity contribution in [1.29, 1.82) is 0 Å². The Kier molecular flexibility index (Phi) is 7.78. The first kappa shape index (κ1) is 35.2. The number of aliphatic imine (C=N–C) groups is 2. The predicted molar refractivity (Wildman–Crippen MR) is 264 cm³/mol. The van der Waals surface area contributed by atoms with Gasteiger partial charge in [0.15, 0.2) is 5.84 Å². The van der Waals surface area contributed by atoms with E-state index in [1.165, 1.54) is 47.1 Å². The highest BCUT2D eigenvalue weighted by Gasteiger charge is 2.26. The van der Waals surface area contributed by atoms with Gasteiger partial charge >= 0.3 is 0 Å². The van der Waals surface area contributed by atoms with Crippen LogP contribution in [0, 0.1) is 5.92 Å². The van der Waals surface area contributed by atoms with Crippen LogP contribution >= 0.6 is 11.3 Å². The molecule has 292 valence electrons. The van der Waals surface area contributed by atoms with Crippen LogP contribution in [0.15, 0.2) is 202 Å². The molecule has 1 aliphatic rings. The Morgan fingerprint density at radius 2 is 1.21 bits per heavy atom. The van der Waals surface area contributed by atoms with Crippen molar-refractivity contribution in [2.75, 3.05) is 0 Å². The third-order valence-electron chi connectivity index (χ3n) is 12.8. The standard InChI is InChI=1S/C57H37N3OS/c1-34-22-27-47(58-57(40-24-23-35-12-2-3-13-36(35)30-40)59-55(34)39-25-29-53-46(32-39)43-18-8-11-21-52(43)62-53)54-49(28-26-44-42-17-7-10-20-51(42)61-56(44)54)60-48-19-9-6-16-41(48)45-31-37-14-4-5-15-38(37)33-50(45)60/h2-21,23-34H,22H2,1H3/b47-27+,58-57?,59-55?. The summed E-state index contributed by atoms with van der Waals surface area (Å²) in [7, 11) is 0.